The van der Waals surface area contributed by atoms with Gasteiger partial charge in [0.1, 0.15) is 5.82 Å². The van der Waals surface area contributed by atoms with Gasteiger partial charge >= 0.3 is 0 Å². The molecule has 0 saturated carbocycles. The summed E-state index contributed by atoms with van der Waals surface area (Å²) in [5.74, 6) is 1.03. The van der Waals surface area contributed by atoms with E-state index in [0.717, 1.165) is 37.7 Å². The predicted molar refractivity (Wildman–Crippen MR) is 87.3 cm³/mol. The SMILES string of the molecule is CCNCc1ccc(N(CC)Cc2ccncc2)nc1C. The molecule has 2 aromatic heterocycles. The zero-order valence-corrected chi connectivity index (χ0v) is 13.1. The Bertz CT molecular complexity index is 554. The van der Waals surface area contributed by atoms with Gasteiger partial charge in [-0.05, 0) is 49.7 Å². The zero-order valence-electron chi connectivity index (χ0n) is 13.1. The zero-order chi connectivity index (χ0) is 15.1. The van der Waals surface area contributed by atoms with Crippen LogP contribution in [-0.4, -0.2) is 23.1 Å². The minimum Gasteiger partial charge on any atom is -0.353 e. The molecule has 0 aliphatic heterocycles. The molecule has 0 unspecified atom stereocenters. The third-order valence-corrected chi connectivity index (χ3v) is 3.57. The molecule has 0 bridgehead atoms. The van der Waals surface area contributed by atoms with Crippen LogP contribution >= 0.6 is 0 Å². The summed E-state index contributed by atoms with van der Waals surface area (Å²) in [4.78, 5) is 11.1. The van der Waals surface area contributed by atoms with Crippen molar-refractivity contribution in [3.05, 3.63) is 53.5 Å². The lowest BCUT2D eigenvalue weighted by Gasteiger charge is -2.23. The van der Waals surface area contributed by atoms with Gasteiger partial charge in [-0.15, -0.1) is 0 Å². The second-order valence-electron chi connectivity index (χ2n) is 5.06. The van der Waals surface area contributed by atoms with E-state index >= 15 is 0 Å². The first kappa shape index (κ1) is 15.4. The Labute approximate surface area is 127 Å². The first-order chi connectivity index (χ1) is 10.2. The molecular weight excluding hydrogens is 260 g/mol. The summed E-state index contributed by atoms with van der Waals surface area (Å²) in [6.07, 6.45) is 3.67. The molecule has 0 radical (unpaired) electrons. The molecule has 0 aromatic carbocycles. The lowest BCUT2D eigenvalue weighted by Crippen LogP contribution is -2.23. The van der Waals surface area contributed by atoms with Crippen molar-refractivity contribution >= 4 is 5.82 Å². The summed E-state index contributed by atoms with van der Waals surface area (Å²) in [5.41, 5.74) is 3.62. The van der Waals surface area contributed by atoms with Gasteiger partial charge in [-0.2, -0.15) is 0 Å². The highest BCUT2D eigenvalue weighted by molar-refractivity contribution is 5.42. The topological polar surface area (TPSA) is 41.0 Å². The van der Waals surface area contributed by atoms with Crippen LogP contribution < -0.4 is 10.2 Å². The Balaban J connectivity index is 2.13. The van der Waals surface area contributed by atoms with Gasteiger partial charge in [0.2, 0.25) is 0 Å². The average molecular weight is 284 g/mol. The molecule has 4 heteroatoms. The molecule has 2 rings (SSSR count). The van der Waals surface area contributed by atoms with E-state index in [1.165, 1.54) is 11.1 Å². The van der Waals surface area contributed by atoms with E-state index in [2.05, 4.69) is 60.2 Å². The second kappa shape index (κ2) is 7.74. The summed E-state index contributed by atoms with van der Waals surface area (Å²) < 4.78 is 0. The number of pyridine rings is 2. The van der Waals surface area contributed by atoms with Crippen LogP contribution in [-0.2, 0) is 13.1 Å². The van der Waals surface area contributed by atoms with Gasteiger partial charge < -0.3 is 10.2 Å². The second-order valence-corrected chi connectivity index (χ2v) is 5.06. The molecule has 2 aromatic rings. The van der Waals surface area contributed by atoms with Crippen molar-refractivity contribution < 1.29 is 0 Å². The molecule has 0 saturated heterocycles. The molecular formula is C17H24N4. The van der Waals surface area contributed by atoms with Crippen LogP contribution in [0.3, 0.4) is 0 Å². The monoisotopic (exact) mass is 284 g/mol. The molecule has 1 N–H and O–H groups in total. The van der Waals surface area contributed by atoms with E-state index in [1.807, 2.05) is 12.4 Å². The Morgan fingerprint density at radius 3 is 2.48 bits per heavy atom. The standard InChI is InChI=1S/C17H24N4/c1-4-18-12-16-6-7-17(20-14(16)3)21(5-2)13-15-8-10-19-11-9-15/h6-11,18H,4-5,12-13H2,1-3H3. The number of anilines is 1. The average Bonchev–Trinajstić information content (AvgIpc) is 2.52. The van der Waals surface area contributed by atoms with Crippen LogP contribution in [0.4, 0.5) is 5.82 Å². The van der Waals surface area contributed by atoms with Gasteiger partial charge in [-0.3, -0.25) is 4.98 Å². The quantitative estimate of drug-likeness (QED) is 0.849. The van der Waals surface area contributed by atoms with Gasteiger partial charge in [-0.25, -0.2) is 4.98 Å². The first-order valence-electron chi connectivity index (χ1n) is 7.55. The molecule has 0 atom stereocenters. The molecule has 4 nitrogen and oxygen atoms in total. The number of rotatable bonds is 7. The van der Waals surface area contributed by atoms with Gasteiger partial charge in [0, 0.05) is 37.7 Å². The van der Waals surface area contributed by atoms with Crippen LogP contribution in [0.15, 0.2) is 36.7 Å². The minimum absolute atomic E-state index is 0.859. The summed E-state index contributed by atoms with van der Waals surface area (Å²) in [6, 6.07) is 8.39. The minimum atomic E-state index is 0.859. The molecule has 0 fully saturated rings. The van der Waals surface area contributed by atoms with E-state index in [0.29, 0.717) is 0 Å². The lowest BCUT2D eigenvalue weighted by atomic mass is 10.2. The summed E-state index contributed by atoms with van der Waals surface area (Å²) in [6.45, 7) is 10.0. The fourth-order valence-corrected chi connectivity index (χ4v) is 2.26. The van der Waals surface area contributed by atoms with Crippen molar-refractivity contribution in [2.75, 3.05) is 18.0 Å². The highest BCUT2D eigenvalue weighted by Gasteiger charge is 2.09. The first-order valence-corrected chi connectivity index (χ1v) is 7.55. The number of hydrogen-bond donors (Lipinski definition) is 1. The third kappa shape index (κ3) is 4.26. The molecule has 2 heterocycles. The number of nitrogens with zero attached hydrogens (tertiary/aromatic N) is 3. The smallest absolute Gasteiger partial charge is 0.129 e. The Morgan fingerprint density at radius 2 is 1.86 bits per heavy atom. The van der Waals surface area contributed by atoms with Crippen molar-refractivity contribution in [1.29, 1.82) is 0 Å². The molecule has 0 aliphatic carbocycles. The number of aromatic nitrogens is 2. The Kier molecular flexibility index (Phi) is 5.69. The van der Waals surface area contributed by atoms with Crippen LogP contribution in [0.2, 0.25) is 0 Å². The fourth-order valence-electron chi connectivity index (χ4n) is 2.26. The van der Waals surface area contributed by atoms with Crippen LogP contribution in [0.1, 0.15) is 30.7 Å². The van der Waals surface area contributed by atoms with E-state index < -0.39 is 0 Å². The number of hydrogen-bond acceptors (Lipinski definition) is 4. The van der Waals surface area contributed by atoms with Gasteiger partial charge in [0.05, 0.1) is 0 Å². The predicted octanol–water partition coefficient (Wildman–Crippen LogP) is 2.92. The van der Waals surface area contributed by atoms with Crippen LogP contribution in [0, 0.1) is 6.92 Å². The van der Waals surface area contributed by atoms with Gasteiger partial charge in [-0.1, -0.05) is 13.0 Å². The maximum absolute atomic E-state index is 4.76. The van der Waals surface area contributed by atoms with Crippen molar-refractivity contribution in [3.63, 3.8) is 0 Å². The maximum atomic E-state index is 4.76. The van der Waals surface area contributed by atoms with Gasteiger partial charge in [0.25, 0.3) is 0 Å². The fraction of sp³-hybridized carbons (Fsp3) is 0.412. The lowest BCUT2D eigenvalue weighted by molar-refractivity contribution is 0.717. The van der Waals surface area contributed by atoms with Crippen LogP contribution in [0.5, 0.6) is 0 Å². The largest absolute Gasteiger partial charge is 0.353 e. The summed E-state index contributed by atoms with van der Waals surface area (Å²) >= 11 is 0. The van der Waals surface area contributed by atoms with Crippen molar-refractivity contribution in [2.24, 2.45) is 0 Å². The van der Waals surface area contributed by atoms with E-state index in [4.69, 9.17) is 4.98 Å². The molecule has 0 spiro atoms. The van der Waals surface area contributed by atoms with Crippen molar-refractivity contribution in [3.8, 4) is 0 Å². The molecule has 0 amide bonds. The Morgan fingerprint density at radius 1 is 1.10 bits per heavy atom. The summed E-state index contributed by atoms with van der Waals surface area (Å²) in [7, 11) is 0. The van der Waals surface area contributed by atoms with E-state index in [9.17, 15) is 0 Å². The normalized spacial score (nSPS) is 10.6. The highest BCUT2D eigenvalue weighted by atomic mass is 15.2. The Hall–Kier alpha value is -1.94. The van der Waals surface area contributed by atoms with Crippen LogP contribution in [0.25, 0.3) is 0 Å². The summed E-state index contributed by atoms with van der Waals surface area (Å²) in [5, 5.41) is 3.35. The number of aryl methyl sites for hydroxylation is 1. The van der Waals surface area contributed by atoms with Crippen molar-refractivity contribution in [1.82, 2.24) is 15.3 Å². The van der Waals surface area contributed by atoms with Gasteiger partial charge in [0.15, 0.2) is 0 Å². The highest BCUT2D eigenvalue weighted by Crippen LogP contribution is 2.17. The third-order valence-electron chi connectivity index (χ3n) is 3.57. The number of nitrogens with one attached hydrogen (secondary N) is 1. The molecule has 112 valence electrons. The molecule has 21 heavy (non-hydrogen) atoms. The maximum Gasteiger partial charge on any atom is 0.129 e. The molecule has 0 aliphatic rings. The van der Waals surface area contributed by atoms with Crippen molar-refractivity contribution in [2.45, 2.75) is 33.9 Å². The van der Waals surface area contributed by atoms with E-state index in [-0.39, 0.29) is 0 Å². The van der Waals surface area contributed by atoms with E-state index in [1.54, 1.807) is 0 Å².